The zero-order valence-electron chi connectivity index (χ0n) is 37.0. The van der Waals surface area contributed by atoms with Gasteiger partial charge in [-0.3, -0.25) is 19.9 Å². The minimum absolute atomic E-state index is 0.0117. The van der Waals surface area contributed by atoms with Crippen molar-refractivity contribution in [3.05, 3.63) is 118 Å². The molecule has 0 aromatic heterocycles. The van der Waals surface area contributed by atoms with Crippen molar-refractivity contribution in [3.63, 3.8) is 0 Å². The van der Waals surface area contributed by atoms with E-state index in [2.05, 4.69) is 23.6 Å². The number of nitro groups is 1. The van der Waals surface area contributed by atoms with Gasteiger partial charge in [0.15, 0.2) is 0 Å². The topological polar surface area (TPSA) is 165 Å². The van der Waals surface area contributed by atoms with E-state index in [0.717, 1.165) is 56.5 Å². The number of ether oxygens (including phenoxy) is 4. The van der Waals surface area contributed by atoms with E-state index < -0.39 is 40.2 Å². The summed E-state index contributed by atoms with van der Waals surface area (Å²) in [7, 11) is 0. The van der Waals surface area contributed by atoms with Crippen LogP contribution in [0.5, 0.6) is 17.2 Å². The molecule has 2 aliphatic heterocycles. The average Bonchev–Trinajstić information content (AvgIpc) is 4.10. The molecule has 6 atom stereocenters. The van der Waals surface area contributed by atoms with Gasteiger partial charge >= 0.3 is 6.09 Å². The molecule has 2 heterocycles. The quantitative estimate of drug-likeness (QED) is 0.0346. The van der Waals surface area contributed by atoms with Crippen molar-refractivity contribution >= 4 is 17.5 Å². The Morgan fingerprint density at radius 3 is 2.39 bits per heavy atom. The average molecular weight is 885 g/mol. The van der Waals surface area contributed by atoms with Crippen molar-refractivity contribution in [2.75, 3.05) is 46.1 Å². The van der Waals surface area contributed by atoms with Gasteiger partial charge in [-0.05, 0) is 112 Å². The number of carbonyl (C=O) groups is 1. The molecule has 1 saturated carbocycles. The number of non-ortho nitro benzene ring substituents is 1. The molecule has 7 rings (SSSR count). The predicted molar refractivity (Wildman–Crippen MR) is 239 cm³/mol. The predicted octanol–water partition coefficient (Wildman–Crippen LogP) is 8.56. The Hall–Kier alpha value is -5.35. The number of nitro benzene ring substituents is 1. The first kappa shape index (κ1) is 46.6. The van der Waals surface area contributed by atoms with Crippen LogP contribution in [0, 0.1) is 33.7 Å². The Balaban J connectivity index is 1.44. The lowest BCUT2D eigenvalue weighted by atomic mass is 9.55. The van der Waals surface area contributed by atoms with Crippen LogP contribution in [0.3, 0.4) is 0 Å². The lowest BCUT2D eigenvalue weighted by Crippen LogP contribution is -2.70. The first-order valence-electron chi connectivity index (χ1n) is 22.4. The van der Waals surface area contributed by atoms with Gasteiger partial charge < -0.3 is 34.0 Å². The zero-order chi connectivity index (χ0) is 45.4. The Labute approximate surface area is 374 Å². The number of allylic oxidation sites excluding steroid dienone is 1. The van der Waals surface area contributed by atoms with Gasteiger partial charge in [-0.15, -0.1) is 6.58 Å². The second-order valence-electron chi connectivity index (χ2n) is 18.0. The highest BCUT2D eigenvalue weighted by molar-refractivity contribution is 6.03. The van der Waals surface area contributed by atoms with E-state index in [0.29, 0.717) is 42.2 Å². The van der Waals surface area contributed by atoms with Crippen LogP contribution in [-0.2, 0) is 16.1 Å². The van der Waals surface area contributed by atoms with E-state index in [4.69, 9.17) is 28.9 Å². The summed E-state index contributed by atoms with van der Waals surface area (Å²) in [6.07, 6.45) is 7.53. The molecule has 4 aliphatic rings. The van der Waals surface area contributed by atoms with Crippen molar-refractivity contribution in [2.24, 2.45) is 22.9 Å². The van der Waals surface area contributed by atoms with E-state index in [-0.39, 0.29) is 62.0 Å². The van der Waals surface area contributed by atoms with Gasteiger partial charge in [-0.1, -0.05) is 42.3 Å². The number of fused-ring (bicyclic) bond motifs is 2. The monoisotopic (exact) mass is 884 g/mol. The number of benzene rings is 3. The van der Waals surface area contributed by atoms with Gasteiger partial charge in [0.1, 0.15) is 41.3 Å². The van der Waals surface area contributed by atoms with Crippen LogP contribution >= 0.6 is 0 Å². The number of hydrogen-bond acceptors (Lipinski definition) is 12. The van der Waals surface area contributed by atoms with Gasteiger partial charge in [-0.2, -0.15) is 0 Å². The van der Waals surface area contributed by atoms with Gasteiger partial charge in [0.05, 0.1) is 23.2 Å². The number of amides is 1. The summed E-state index contributed by atoms with van der Waals surface area (Å²) in [5.41, 5.74) is 2.14. The van der Waals surface area contributed by atoms with Crippen molar-refractivity contribution in [2.45, 2.75) is 95.6 Å². The highest BCUT2D eigenvalue weighted by Crippen LogP contribution is 2.62. The first-order valence-corrected chi connectivity index (χ1v) is 22.4. The fourth-order valence-corrected chi connectivity index (χ4v) is 9.40. The van der Waals surface area contributed by atoms with Crippen LogP contribution in [0.4, 0.5) is 14.9 Å². The molecule has 0 radical (unpaired) electrons. The second kappa shape index (κ2) is 20.7. The molecular weight excluding hydrogens is 824 g/mol. The van der Waals surface area contributed by atoms with Gasteiger partial charge in [0, 0.05) is 69.4 Å². The zero-order valence-corrected chi connectivity index (χ0v) is 37.0. The molecule has 3 aromatic rings. The fourth-order valence-electron chi connectivity index (χ4n) is 9.40. The number of hydrogen-bond donors (Lipinski definition) is 2. The van der Waals surface area contributed by atoms with E-state index in [1.807, 2.05) is 32.9 Å². The maximum absolute atomic E-state index is 15.0. The maximum atomic E-state index is 15.0. The summed E-state index contributed by atoms with van der Waals surface area (Å²) in [6.45, 7) is 13.3. The van der Waals surface area contributed by atoms with Gasteiger partial charge in [0.25, 0.3) is 5.69 Å². The molecule has 344 valence electrons. The molecular formula is C49H61FN4O10. The summed E-state index contributed by atoms with van der Waals surface area (Å²) >= 11 is 0. The molecule has 2 aliphatic carbocycles. The number of rotatable bonds is 21. The normalized spacial score (nSPS) is 24.1. The number of nitrogens with zero attached hydrogens (tertiary/aromatic N) is 4. The third kappa shape index (κ3) is 10.9. The van der Waals surface area contributed by atoms with E-state index in [9.17, 15) is 29.5 Å². The van der Waals surface area contributed by atoms with Gasteiger partial charge in [0.2, 0.25) is 5.79 Å². The van der Waals surface area contributed by atoms with Crippen LogP contribution < -0.4 is 14.2 Å². The van der Waals surface area contributed by atoms with Crippen LogP contribution in [0.2, 0.25) is 0 Å². The third-order valence-corrected chi connectivity index (χ3v) is 12.4. The van der Waals surface area contributed by atoms with Crippen molar-refractivity contribution in [1.82, 2.24) is 9.80 Å². The Bertz CT molecular complexity index is 2160. The number of halogens is 1. The maximum Gasteiger partial charge on any atom is 0.416 e. The fraction of sp³-hybridized carbons (Fsp3) is 0.510. The number of aliphatic hydroxyl groups excluding tert-OH is 2. The molecule has 14 nitrogen and oxygen atoms in total. The van der Waals surface area contributed by atoms with Crippen LogP contribution in [0.15, 0.2) is 96.2 Å². The molecule has 1 saturated heterocycles. The number of oxime groups is 1. The largest absolute Gasteiger partial charge is 0.492 e. The summed E-state index contributed by atoms with van der Waals surface area (Å²) in [5, 5.41) is 36.3. The summed E-state index contributed by atoms with van der Waals surface area (Å²) in [6, 6.07) is 16.0. The first-order chi connectivity index (χ1) is 30.8. The molecule has 6 unspecified atom stereocenters. The smallest absolute Gasteiger partial charge is 0.416 e. The van der Waals surface area contributed by atoms with E-state index >= 15 is 0 Å². The van der Waals surface area contributed by atoms with Crippen LogP contribution in [0.25, 0.3) is 0 Å². The Morgan fingerprint density at radius 1 is 1.03 bits per heavy atom. The van der Waals surface area contributed by atoms with E-state index in [1.54, 1.807) is 18.2 Å². The molecule has 1 amide bonds. The number of aliphatic hydroxyl groups is 2. The highest BCUT2D eigenvalue weighted by Gasteiger charge is 2.66. The van der Waals surface area contributed by atoms with Crippen molar-refractivity contribution in [1.29, 1.82) is 0 Å². The van der Waals surface area contributed by atoms with Crippen molar-refractivity contribution in [3.8, 4) is 17.2 Å². The molecule has 64 heavy (non-hydrogen) atoms. The van der Waals surface area contributed by atoms with Gasteiger partial charge in [-0.25, -0.2) is 9.18 Å². The second-order valence-corrected chi connectivity index (χ2v) is 18.0. The Kier molecular flexibility index (Phi) is 15.0. The minimum Gasteiger partial charge on any atom is -0.492 e. The molecule has 15 heteroatoms. The van der Waals surface area contributed by atoms with E-state index in [1.165, 1.54) is 41.3 Å². The minimum atomic E-state index is -1.60. The third-order valence-electron chi connectivity index (χ3n) is 12.4. The highest BCUT2D eigenvalue weighted by atomic mass is 19.1. The Morgan fingerprint density at radius 2 is 1.73 bits per heavy atom. The standard InChI is InChI=1S/C49H61FN4O10/c1-5-27-61-49-44(53(32-33-12-14-35(50)15-13-33)47(57)62-37-18-16-36(17-19-37)54(58)59)31-42(51-64-48(2,3)4)40-29-34(10-6-8-25-55)39(11-7-9-26-56)45(46(40)49)41-30-38(20-21-43(41)63-49)60-28-24-52-22-23-52/h5,12-21,29-30,34,39,44-46,55-56H,1,6-11,22-28,31-32H2,2-4H3. The number of unbranched alkanes of at least 4 members (excludes halogenated alkanes) is 2. The summed E-state index contributed by atoms with van der Waals surface area (Å²) in [5.74, 6) is -1.57. The summed E-state index contributed by atoms with van der Waals surface area (Å²) < 4.78 is 41.2. The molecule has 2 N–H and O–H groups in total. The van der Waals surface area contributed by atoms with Crippen molar-refractivity contribution < 1.29 is 48.1 Å². The molecule has 0 spiro atoms. The SMILES string of the molecule is C=CCOC12Oc3ccc(OCCN4CC4)cc3C3C(CCCCO)C(CCCCO)C=C(C(=NOC(C)(C)C)CC1N(Cc1ccc(F)cc1)C(=O)Oc1ccc([N+](=O)[O-])cc1)C32. The lowest BCUT2D eigenvalue weighted by molar-refractivity contribution is -0.384. The van der Waals surface area contributed by atoms with Crippen LogP contribution in [-0.4, -0.2) is 100 Å². The summed E-state index contributed by atoms with van der Waals surface area (Å²) in [4.78, 5) is 36.0. The lowest BCUT2D eigenvalue weighted by Gasteiger charge is -2.60. The van der Waals surface area contributed by atoms with Crippen LogP contribution in [0.1, 0.15) is 82.8 Å². The number of carbonyl (C=O) groups excluding carboxylic acids is 1. The molecule has 0 bridgehead atoms. The molecule has 2 fully saturated rings. The molecule has 3 aromatic carbocycles.